The Morgan fingerprint density at radius 2 is 1.78 bits per heavy atom. The van der Waals surface area contributed by atoms with Gasteiger partial charge >= 0.3 is 0 Å². The summed E-state index contributed by atoms with van der Waals surface area (Å²) in [5, 5.41) is 0. The average molecular weight is 246 g/mol. The summed E-state index contributed by atoms with van der Waals surface area (Å²) >= 11 is 0. The zero-order valence-electron chi connectivity index (χ0n) is 11.6. The van der Waals surface area contributed by atoms with Crippen molar-refractivity contribution in [2.45, 2.75) is 32.6 Å². The molecule has 0 radical (unpaired) electrons. The summed E-state index contributed by atoms with van der Waals surface area (Å²) in [7, 11) is 0. The van der Waals surface area contributed by atoms with Gasteiger partial charge in [0.05, 0.1) is 0 Å². The minimum absolute atomic E-state index is 0.207. The summed E-state index contributed by atoms with van der Waals surface area (Å²) in [6.45, 7) is 6.74. The Labute approximate surface area is 111 Å². The van der Waals surface area contributed by atoms with Crippen molar-refractivity contribution < 1.29 is 0 Å². The number of hydrogen-bond donors (Lipinski definition) is 1. The molecule has 1 aliphatic rings. The number of nitrogens with zero attached hydrogens (tertiary/aromatic N) is 1. The van der Waals surface area contributed by atoms with E-state index in [9.17, 15) is 0 Å². The van der Waals surface area contributed by atoms with Crippen molar-refractivity contribution in [1.29, 1.82) is 0 Å². The zero-order chi connectivity index (χ0) is 12.8. The first kappa shape index (κ1) is 13.6. The molecule has 0 amide bonds. The van der Waals surface area contributed by atoms with Gasteiger partial charge in [0.2, 0.25) is 0 Å². The second-order valence-corrected chi connectivity index (χ2v) is 6.01. The molecule has 18 heavy (non-hydrogen) atoms. The van der Waals surface area contributed by atoms with Gasteiger partial charge in [-0.05, 0) is 49.9 Å². The van der Waals surface area contributed by atoms with Gasteiger partial charge in [-0.3, -0.25) is 0 Å². The van der Waals surface area contributed by atoms with Gasteiger partial charge in [-0.25, -0.2) is 0 Å². The van der Waals surface area contributed by atoms with Crippen LogP contribution < -0.4 is 5.73 Å². The molecule has 0 aromatic heterocycles. The molecular formula is C16H26N2. The minimum atomic E-state index is 0.207. The number of likely N-dealkylation sites (tertiary alicyclic amines) is 1. The van der Waals surface area contributed by atoms with Crippen molar-refractivity contribution >= 4 is 0 Å². The SMILES string of the molecule is CC(CN)(Cc1ccccc1)CN1CCCCC1. The summed E-state index contributed by atoms with van der Waals surface area (Å²) in [6, 6.07) is 10.7. The van der Waals surface area contributed by atoms with Crippen LogP contribution in [0.4, 0.5) is 0 Å². The lowest BCUT2D eigenvalue weighted by atomic mass is 9.82. The lowest BCUT2D eigenvalue weighted by molar-refractivity contribution is 0.145. The Morgan fingerprint density at radius 1 is 1.11 bits per heavy atom. The molecule has 0 aliphatic carbocycles. The van der Waals surface area contributed by atoms with E-state index in [0.29, 0.717) is 0 Å². The number of nitrogens with two attached hydrogens (primary N) is 1. The van der Waals surface area contributed by atoms with Crippen molar-refractivity contribution in [3.05, 3.63) is 35.9 Å². The molecule has 1 saturated heterocycles. The number of benzene rings is 1. The fraction of sp³-hybridized carbons (Fsp3) is 0.625. The molecule has 1 atom stereocenters. The molecule has 1 aliphatic heterocycles. The normalized spacial score (nSPS) is 20.6. The van der Waals surface area contributed by atoms with E-state index >= 15 is 0 Å². The van der Waals surface area contributed by atoms with E-state index in [0.717, 1.165) is 19.5 Å². The maximum absolute atomic E-state index is 6.05. The summed E-state index contributed by atoms with van der Waals surface area (Å²) in [4.78, 5) is 2.60. The van der Waals surface area contributed by atoms with Crippen LogP contribution in [0, 0.1) is 5.41 Å². The van der Waals surface area contributed by atoms with Gasteiger partial charge in [-0.1, -0.05) is 43.7 Å². The quantitative estimate of drug-likeness (QED) is 0.865. The number of hydrogen-bond acceptors (Lipinski definition) is 2. The third-order valence-corrected chi connectivity index (χ3v) is 4.02. The lowest BCUT2D eigenvalue weighted by Gasteiger charge is -2.36. The van der Waals surface area contributed by atoms with Crippen LogP contribution in [0.5, 0.6) is 0 Å². The van der Waals surface area contributed by atoms with Crippen LogP contribution >= 0.6 is 0 Å². The van der Waals surface area contributed by atoms with Crippen molar-refractivity contribution in [3.63, 3.8) is 0 Å². The van der Waals surface area contributed by atoms with E-state index in [1.807, 2.05) is 0 Å². The molecule has 1 aromatic rings. The van der Waals surface area contributed by atoms with Crippen LogP contribution in [0.15, 0.2) is 30.3 Å². The molecule has 2 heteroatoms. The van der Waals surface area contributed by atoms with E-state index < -0.39 is 0 Å². The third-order valence-electron chi connectivity index (χ3n) is 4.02. The molecule has 100 valence electrons. The van der Waals surface area contributed by atoms with Crippen LogP contribution in [-0.2, 0) is 6.42 Å². The largest absolute Gasteiger partial charge is 0.330 e. The second-order valence-electron chi connectivity index (χ2n) is 6.01. The summed E-state index contributed by atoms with van der Waals surface area (Å²) in [5.74, 6) is 0. The highest BCUT2D eigenvalue weighted by atomic mass is 15.1. The van der Waals surface area contributed by atoms with E-state index in [1.54, 1.807) is 0 Å². The van der Waals surface area contributed by atoms with Crippen molar-refractivity contribution in [2.75, 3.05) is 26.2 Å². The zero-order valence-corrected chi connectivity index (χ0v) is 11.6. The van der Waals surface area contributed by atoms with Crippen LogP contribution in [0.2, 0.25) is 0 Å². The molecule has 1 aromatic carbocycles. The van der Waals surface area contributed by atoms with E-state index in [4.69, 9.17) is 5.73 Å². The number of rotatable bonds is 5. The fourth-order valence-corrected chi connectivity index (χ4v) is 2.94. The molecule has 0 saturated carbocycles. The summed E-state index contributed by atoms with van der Waals surface area (Å²) in [6.07, 6.45) is 5.19. The highest BCUT2D eigenvalue weighted by molar-refractivity contribution is 5.16. The Bertz CT molecular complexity index is 343. The molecule has 0 bridgehead atoms. The first-order valence-electron chi connectivity index (χ1n) is 7.18. The smallest absolute Gasteiger partial charge is 0.00506 e. The third kappa shape index (κ3) is 3.82. The van der Waals surface area contributed by atoms with Gasteiger partial charge < -0.3 is 10.6 Å². The van der Waals surface area contributed by atoms with Crippen LogP contribution in [0.1, 0.15) is 31.7 Å². The highest BCUT2D eigenvalue weighted by Gasteiger charge is 2.26. The van der Waals surface area contributed by atoms with Gasteiger partial charge in [0.15, 0.2) is 0 Å². The Balaban J connectivity index is 1.96. The molecule has 2 rings (SSSR count). The van der Waals surface area contributed by atoms with Gasteiger partial charge in [-0.15, -0.1) is 0 Å². The standard InChI is InChI=1S/C16H26N2/c1-16(13-17,12-15-8-4-2-5-9-15)14-18-10-6-3-7-11-18/h2,4-5,8-9H,3,6-7,10-14,17H2,1H3. The Hall–Kier alpha value is -0.860. The van der Waals surface area contributed by atoms with Gasteiger partial charge in [0, 0.05) is 6.54 Å². The molecule has 2 nitrogen and oxygen atoms in total. The number of piperidine rings is 1. The fourth-order valence-electron chi connectivity index (χ4n) is 2.94. The van der Waals surface area contributed by atoms with Gasteiger partial charge in [0.25, 0.3) is 0 Å². The average Bonchev–Trinajstić information content (AvgIpc) is 2.41. The molecule has 1 heterocycles. The second kappa shape index (κ2) is 6.35. The molecule has 1 unspecified atom stereocenters. The molecular weight excluding hydrogens is 220 g/mol. The van der Waals surface area contributed by atoms with Crippen molar-refractivity contribution in [2.24, 2.45) is 11.1 Å². The van der Waals surface area contributed by atoms with Gasteiger partial charge in [-0.2, -0.15) is 0 Å². The maximum atomic E-state index is 6.05. The van der Waals surface area contributed by atoms with Crippen LogP contribution in [0.25, 0.3) is 0 Å². The van der Waals surface area contributed by atoms with Crippen molar-refractivity contribution in [3.8, 4) is 0 Å². The first-order valence-corrected chi connectivity index (χ1v) is 7.18. The van der Waals surface area contributed by atoms with E-state index in [1.165, 1.54) is 37.9 Å². The minimum Gasteiger partial charge on any atom is -0.330 e. The summed E-state index contributed by atoms with van der Waals surface area (Å²) < 4.78 is 0. The summed E-state index contributed by atoms with van der Waals surface area (Å²) in [5.41, 5.74) is 7.66. The lowest BCUT2D eigenvalue weighted by Crippen LogP contribution is -2.44. The predicted molar refractivity (Wildman–Crippen MR) is 77.6 cm³/mol. The molecule has 0 spiro atoms. The maximum Gasteiger partial charge on any atom is 0.00506 e. The first-order chi connectivity index (χ1) is 8.72. The van der Waals surface area contributed by atoms with Gasteiger partial charge in [0.1, 0.15) is 0 Å². The van der Waals surface area contributed by atoms with Crippen LogP contribution in [-0.4, -0.2) is 31.1 Å². The highest BCUT2D eigenvalue weighted by Crippen LogP contribution is 2.24. The van der Waals surface area contributed by atoms with E-state index in [-0.39, 0.29) is 5.41 Å². The predicted octanol–water partition coefficient (Wildman–Crippen LogP) is 2.68. The Morgan fingerprint density at radius 3 is 2.39 bits per heavy atom. The molecule has 1 fully saturated rings. The monoisotopic (exact) mass is 246 g/mol. The van der Waals surface area contributed by atoms with Crippen LogP contribution in [0.3, 0.4) is 0 Å². The molecule has 2 N–H and O–H groups in total. The van der Waals surface area contributed by atoms with E-state index in [2.05, 4.69) is 42.2 Å². The van der Waals surface area contributed by atoms with Crippen molar-refractivity contribution in [1.82, 2.24) is 4.90 Å². The topological polar surface area (TPSA) is 29.3 Å². The Kier molecular flexibility index (Phi) is 4.79.